The second-order valence-corrected chi connectivity index (χ2v) is 7.52. The predicted octanol–water partition coefficient (Wildman–Crippen LogP) is 3.27. The number of hydrogen-bond donors (Lipinski definition) is 1. The lowest BCUT2D eigenvalue weighted by atomic mass is 9.65. The van der Waals surface area contributed by atoms with Crippen LogP contribution < -0.4 is 10.5 Å². The summed E-state index contributed by atoms with van der Waals surface area (Å²) in [4.78, 5) is 14.8. The molecule has 2 bridgehead atoms. The molecular weight excluding hydrogens is 336 g/mol. The Labute approximate surface area is 157 Å². The van der Waals surface area contributed by atoms with Crippen LogP contribution in [0.5, 0.6) is 5.75 Å². The summed E-state index contributed by atoms with van der Waals surface area (Å²) < 4.78 is 5.40. The predicted molar refractivity (Wildman–Crippen MR) is 103 cm³/mol. The number of rotatable bonds is 5. The van der Waals surface area contributed by atoms with Gasteiger partial charge in [-0.2, -0.15) is 0 Å². The van der Waals surface area contributed by atoms with E-state index in [-0.39, 0.29) is 18.3 Å². The van der Waals surface area contributed by atoms with Crippen molar-refractivity contribution in [2.75, 3.05) is 20.7 Å². The van der Waals surface area contributed by atoms with E-state index in [1.165, 1.54) is 19.3 Å². The zero-order chi connectivity index (χ0) is 17.1. The molecule has 1 aromatic rings. The third-order valence-electron chi connectivity index (χ3n) is 6.05. The average molecular weight is 367 g/mol. The fraction of sp³-hybridized carbons (Fsp3) is 0.650. The standard InChI is InChI=1S/C20H30N2O2.ClH/c1-22(11-10-14-6-3-4-9-18(14)24-2)20(23)17-12-15-7-5-8-16(13-17)19(15)21;/h3-4,6,9,15-17,19H,5,7-8,10-13,21H2,1-2H3;1H. The molecule has 2 atom stereocenters. The van der Waals surface area contributed by atoms with Crippen molar-refractivity contribution in [3.8, 4) is 5.75 Å². The van der Waals surface area contributed by atoms with Crippen LogP contribution in [0.1, 0.15) is 37.7 Å². The summed E-state index contributed by atoms with van der Waals surface area (Å²) in [6.07, 6.45) is 6.47. The summed E-state index contributed by atoms with van der Waals surface area (Å²) in [5.41, 5.74) is 7.51. The number of para-hydroxylation sites is 1. The van der Waals surface area contributed by atoms with E-state index in [1.54, 1.807) is 7.11 Å². The minimum absolute atomic E-state index is 0. The molecule has 0 spiro atoms. The molecular formula is C20H31ClN2O2. The average Bonchev–Trinajstić information content (AvgIpc) is 2.59. The highest BCUT2D eigenvalue weighted by atomic mass is 35.5. The third kappa shape index (κ3) is 4.48. The van der Waals surface area contributed by atoms with E-state index in [9.17, 15) is 4.79 Å². The van der Waals surface area contributed by atoms with Crippen molar-refractivity contribution in [3.63, 3.8) is 0 Å². The van der Waals surface area contributed by atoms with Gasteiger partial charge in [0.05, 0.1) is 7.11 Å². The van der Waals surface area contributed by atoms with Gasteiger partial charge < -0.3 is 15.4 Å². The maximum absolute atomic E-state index is 12.9. The number of nitrogens with zero attached hydrogens (tertiary/aromatic N) is 1. The lowest BCUT2D eigenvalue weighted by Gasteiger charge is -2.44. The summed E-state index contributed by atoms with van der Waals surface area (Å²) in [7, 11) is 3.62. The largest absolute Gasteiger partial charge is 0.496 e. The summed E-state index contributed by atoms with van der Waals surface area (Å²) in [6.45, 7) is 0.733. The van der Waals surface area contributed by atoms with Crippen molar-refractivity contribution in [1.82, 2.24) is 4.90 Å². The maximum atomic E-state index is 12.9. The first-order chi connectivity index (χ1) is 11.6. The van der Waals surface area contributed by atoms with Gasteiger partial charge in [0, 0.05) is 25.6 Å². The first kappa shape index (κ1) is 20.1. The maximum Gasteiger partial charge on any atom is 0.225 e. The number of hydrogen-bond acceptors (Lipinski definition) is 3. The van der Waals surface area contributed by atoms with Gasteiger partial charge in [0.25, 0.3) is 0 Å². The normalized spacial score (nSPS) is 28.0. The van der Waals surface area contributed by atoms with Crippen LogP contribution in [0.2, 0.25) is 0 Å². The van der Waals surface area contributed by atoms with Crippen molar-refractivity contribution < 1.29 is 9.53 Å². The number of carbonyl (C=O) groups excluding carboxylic acids is 1. The van der Waals surface area contributed by atoms with E-state index in [0.29, 0.717) is 23.8 Å². The Morgan fingerprint density at radius 1 is 1.24 bits per heavy atom. The Morgan fingerprint density at radius 2 is 1.88 bits per heavy atom. The molecule has 2 aliphatic carbocycles. The Hall–Kier alpha value is -1.26. The van der Waals surface area contributed by atoms with Crippen molar-refractivity contribution in [1.29, 1.82) is 0 Å². The molecule has 5 heteroatoms. The molecule has 4 nitrogen and oxygen atoms in total. The van der Waals surface area contributed by atoms with Crippen molar-refractivity contribution in [3.05, 3.63) is 29.8 Å². The van der Waals surface area contributed by atoms with Gasteiger partial charge in [-0.25, -0.2) is 0 Å². The lowest BCUT2D eigenvalue weighted by molar-refractivity contribution is -0.137. The summed E-state index contributed by atoms with van der Waals surface area (Å²) in [5, 5.41) is 0. The molecule has 3 rings (SSSR count). The van der Waals surface area contributed by atoms with Gasteiger partial charge in [0.15, 0.2) is 0 Å². The SMILES string of the molecule is COc1ccccc1CCN(C)C(=O)C1CC2CCCC(C1)C2N.Cl. The first-order valence-corrected chi connectivity index (χ1v) is 9.22. The third-order valence-corrected chi connectivity index (χ3v) is 6.05. The van der Waals surface area contributed by atoms with Crippen LogP contribution in [0.25, 0.3) is 0 Å². The lowest BCUT2D eigenvalue weighted by Crippen LogP contribution is -2.49. The monoisotopic (exact) mass is 366 g/mol. The number of amides is 1. The van der Waals surface area contributed by atoms with Crippen LogP contribution in [0.4, 0.5) is 0 Å². The molecule has 25 heavy (non-hydrogen) atoms. The Balaban J connectivity index is 0.00000225. The molecule has 2 saturated carbocycles. The molecule has 140 valence electrons. The minimum Gasteiger partial charge on any atom is -0.496 e. The fourth-order valence-electron chi connectivity index (χ4n) is 4.61. The van der Waals surface area contributed by atoms with Gasteiger partial charge in [-0.15, -0.1) is 12.4 Å². The topological polar surface area (TPSA) is 55.6 Å². The zero-order valence-corrected chi connectivity index (χ0v) is 16.1. The zero-order valence-electron chi connectivity index (χ0n) is 15.3. The van der Waals surface area contributed by atoms with Crippen LogP contribution in [0, 0.1) is 17.8 Å². The van der Waals surface area contributed by atoms with Crippen molar-refractivity contribution >= 4 is 18.3 Å². The minimum atomic E-state index is 0. The highest BCUT2D eigenvalue weighted by molar-refractivity contribution is 5.85. The van der Waals surface area contributed by atoms with Gasteiger partial charge in [-0.3, -0.25) is 4.79 Å². The number of carbonyl (C=O) groups is 1. The quantitative estimate of drug-likeness (QED) is 0.870. The molecule has 1 aromatic carbocycles. The number of likely N-dealkylation sites (N-methyl/N-ethyl adjacent to an activating group) is 1. The Morgan fingerprint density at radius 3 is 2.52 bits per heavy atom. The molecule has 0 heterocycles. The van der Waals surface area contributed by atoms with Crippen LogP contribution in [-0.4, -0.2) is 37.6 Å². The number of halogens is 1. The number of nitrogens with two attached hydrogens (primary N) is 1. The second-order valence-electron chi connectivity index (χ2n) is 7.52. The summed E-state index contributed by atoms with van der Waals surface area (Å²) in [6, 6.07) is 8.36. The van der Waals surface area contributed by atoms with Crippen molar-refractivity contribution in [2.45, 2.75) is 44.6 Å². The van der Waals surface area contributed by atoms with E-state index in [2.05, 4.69) is 6.07 Å². The molecule has 0 saturated heterocycles. The van der Waals surface area contributed by atoms with Crippen LogP contribution in [0.3, 0.4) is 0 Å². The highest BCUT2D eigenvalue weighted by Gasteiger charge is 2.41. The fourth-order valence-corrected chi connectivity index (χ4v) is 4.61. The van der Waals surface area contributed by atoms with Crippen molar-refractivity contribution in [2.24, 2.45) is 23.5 Å². The van der Waals surface area contributed by atoms with E-state index >= 15 is 0 Å². The van der Waals surface area contributed by atoms with E-state index in [0.717, 1.165) is 37.1 Å². The molecule has 2 aliphatic rings. The molecule has 0 aromatic heterocycles. The Kier molecular flexibility index (Phi) is 7.14. The van der Waals surface area contributed by atoms with E-state index in [4.69, 9.17) is 10.5 Å². The van der Waals surface area contributed by atoms with Crippen LogP contribution in [0.15, 0.2) is 24.3 Å². The van der Waals surface area contributed by atoms with Gasteiger partial charge in [0.2, 0.25) is 5.91 Å². The van der Waals surface area contributed by atoms with E-state index in [1.807, 2.05) is 30.1 Å². The van der Waals surface area contributed by atoms with Crippen LogP contribution in [-0.2, 0) is 11.2 Å². The van der Waals surface area contributed by atoms with Gasteiger partial charge in [-0.05, 0) is 55.6 Å². The molecule has 2 N–H and O–H groups in total. The highest BCUT2D eigenvalue weighted by Crippen LogP contribution is 2.42. The molecule has 2 unspecified atom stereocenters. The molecule has 2 fully saturated rings. The summed E-state index contributed by atoms with van der Waals surface area (Å²) in [5.74, 6) is 2.47. The number of methoxy groups -OCH3 is 1. The first-order valence-electron chi connectivity index (χ1n) is 9.22. The molecule has 0 aliphatic heterocycles. The van der Waals surface area contributed by atoms with E-state index < -0.39 is 0 Å². The number of ether oxygens (including phenoxy) is 1. The molecule has 0 radical (unpaired) electrons. The Bertz CT molecular complexity index is 567. The number of benzene rings is 1. The van der Waals surface area contributed by atoms with Gasteiger partial charge in [-0.1, -0.05) is 24.6 Å². The van der Waals surface area contributed by atoms with Crippen LogP contribution >= 0.6 is 12.4 Å². The van der Waals surface area contributed by atoms with Gasteiger partial charge >= 0.3 is 0 Å². The molecule has 1 amide bonds. The summed E-state index contributed by atoms with van der Waals surface area (Å²) >= 11 is 0. The second kappa shape index (κ2) is 8.91. The smallest absolute Gasteiger partial charge is 0.225 e. The van der Waals surface area contributed by atoms with Gasteiger partial charge in [0.1, 0.15) is 5.75 Å². The number of fused-ring (bicyclic) bond motifs is 2.